The fourth-order valence-electron chi connectivity index (χ4n) is 3.94. The van der Waals surface area contributed by atoms with Crippen LogP contribution in [0.5, 0.6) is 0 Å². The van der Waals surface area contributed by atoms with E-state index in [1.54, 1.807) is 30.1 Å². The Kier molecular flexibility index (Phi) is 6.32. The van der Waals surface area contributed by atoms with Gasteiger partial charge >= 0.3 is 0 Å². The van der Waals surface area contributed by atoms with Gasteiger partial charge in [-0.25, -0.2) is 4.98 Å². The molecule has 0 radical (unpaired) electrons. The second-order valence-electron chi connectivity index (χ2n) is 8.28. The van der Waals surface area contributed by atoms with Crippen LogP contribution in [0, 0.1) is 0 Å². The largest absolute Gasteiger partial charge is 0.378 e. The summed E-state index contributed by atoms with van der Waals surface area (Å²) >= 11 is 0. The summed E-state index contributed by atoms with van der Waals surface area (Å²) in [6.45, 7) is 2.61. The lowest BCUT2D eigenvalue weighted by Gasteiger charge is -2.34. The smallest absolute Gasteiger partial charge is 0.255 e. The van der Waals surface area contributed by atoms with Crippen molar-refractivity contribution in [2.45, 2.75) is 25.4 Å². The number of aromatic nitrogens is 3. The Morgan fingerprint density at radius 3 is 2.39 bits per heavy atom. The van der Waals surface area contributed by atoms with Crippen LogP contribution in [-0.4, -0.2) is 47.8 Å². The quantitative estimate of drug-likeness (QED) is 0.664. The molecule has 1 fully saturated rings. The Morgan fingerprint density at radius 2 is 1.74 bits per heavy atom. The molecule has 4 rings (SSSR count). The van der Waals surface area contributed by atoms with Gasteiger partial charge in [-0.2, -0.15) is 0 Å². The van der Waals surface area contributed by atoms with Crippen LogP contribution in [0.4, 0.5) is 11.6 Å². The van der Waals surface area contributed by atoms with E-state index in [-0.39, 0.29) is 5.56 Å². The summed E-state index contributed by atoms with van der Waals surface area (Å²) in [6, 6.07) is 14.5. The van der Waals surface area contributed by atoms with E-state index in [1.165, 1.54) is 11.3 Å². The number of nitrogens with one attached hydrogen (secondary N) is 1. The van der Waals surface area contributed by atoms with Gasteiger partial charge in [0, 0.05) is 76.5 Å². The Bertz CT molecular complexity index is 1050. The molecule has 0 amide bonds. The summed E-state index contributed by atoms with van der Waals surface area (Å²) in [6.07, 6.45) is 5.48. The van der Waals surface area contributed by atoms with Gasteiger partial charge in [0.1, 0.15) is 0 Å². The molecule has 0 bridgehead atoms. The van der Waals surface area contributed by atoms with Crippen molar-refractivity contribution in [1.29, 1.82) is 0 Å². The Labute approximate surface area is 183 Å². The number of piperidine rings is 1. The van der Waals surface area contributed by atoms with E-state index in [4.69, 9.17) is 4.98 Å². The molecule has 0 aliphatic carbocycles. The van der Waals surface area contributed by atoms with Gasteiger partial charge in [-0.05, 0) is 42.7 Å². The molecule has 1 saturated heterocycles. The lowest BCUT2D eigenvalue weighted by molar-refractivity contribution is 0.409. The van der Waals surface area contributed by atoms with E-state index >= 15 is 0 Å². The van der Waals surface area contributed by atoms with E-state index in [0.29, 0.717) is 11.7 Å². The zero-order chi connectivity index (χ0) is 21.8. The van der Waals surface area contributed by atoms with Crippen molar-refractivity contribution in [2.75, 3.05) is 37.0 Å². The van der Waals surface area contributed by atoms with Crippen molar-refractivity contribution < 1.29 is 0 Å². The summed E-state index contributed by atoms with van der Waals surface area (Å²) in [5.41, 5.74) is 4.07. The first kappa shape index (κ1) is 21.1. The number of hydrogen-bond acceptors (Lipinski definition) is 6. The number of hydrogen-bond donors (Lipinski definition) is 1. The van der Waals surface area contributed by atoms with E-state index < -0.39 is 0 Å². The van der Waals surface area contributed by atoms with Crippen LogP contribution in [0.3, 0.4) is 0 Å². The molecule has 2 aromatic heterocycles. The molecule has 3 heterocycles. The van der Waals surface area contributed by atoms with Crippen LogP contribution in [-0.2, 0) is 13.6 Å². The summed E-state index contributed by atoms with van der Waals surface area (Å²) in [7, 11) is 5.90. The molecule has 3 aromatic rings. The maximum atomic E-state index is 12.5. The summed E-state index contributed by atoms with van der Waals surface area (Å²) < 4.78 is 1.64. The third-order valence-electron chi connectivity index (χ3n) is 5.91. The van der Waals surface area contributed by atoms with Crippen molar-refractivity contribution in [3.63, 3.8) is 0 Å². The minimum atomic E-state index is -0.0433. The molecule has 0 atom stereocenters. The first-order chi connectivity index (χ1) is 15.0. The third-order valence-corrected chi connectivity index (χ3v) is 5.91. The number of nitrogens with zero attached hydrogens (tertiary/aromatic N) is 5. The van der Waals surface area contributed by atoms with Crippen LogP contribution >= 0.6 is 0 Å². The van der Waals surface area contributed by atoms with Gasteiger partial charge < -0.3 is 15.1 Å². The maximum Gasteiger partial charge on any atom is 0.255 e. The minimum absolute atomic E-state index is 0.0433. The molecule has 0 saturated carbocycles. The number of rotatable bonds is 6. The molecule has 1 aliphatic rings. The second-order valence-corrected chi connectivity index (χ2v) is 8.28. The standard InChI is InChI=1S/C24H30N6O/c1-28(2)21-6-4-18(5-7-21)17-26-20-10-14-30(15-11-20)24-27-22(16-23(31)29(24)3)19-8-12-25-13-9-19/h4-9,12-13,16,20,26H,10-11,14-15,17H2,1-3H3. The highest BCUT2D eigenvalue weighted by atomic mass is 16.1. The van der Waals surface area contributed by atoms with Crippen molar-refractivity contribution in [1.82, 2.24) is 19.9 Å². The average Bonchev–Trinajstić information content (AvgIpc) is 2.80. The Hall–Kier alpha value is -3.19. The fraction of sp³-hybridized carbons (Fsp3) is 0.375. The summed E-state index contributed by atoms with van der Waals surface area (Å²) in [4.78, 5) is 25.7. The van der Waals surface area contributed by atoms with E-state index in [1.807, 2.05) is 12.1 Å². The number of pyridine rings is 1. The van der Waals surface area contributed by atoms with Gasteiger partial charge in [0.15, 0.2) is 0 Å². The Balaban J connectivity index is 1.38. The SMILES string of the molecule is CN(C)c1ccc(CNC2CCN(c3nc(-c4ccncc4)cc(=O)n3C)CC2)cc1. The Morgan fingerprint density at radius 1 is 1.06 bits per heavy atom. The van der Waals surface area contributed by atoms with Crippen LogP contribution in [0.1, 0.15) is 18.4 Å². The normalized spacial score (nSPS) is 14.6. The highest BCUT2D eigenvalue weighted by molar-refractivity contribution is 5.59. The molecule has 0 unspecified atom stereocenters. The maximum absolute atomic E-state index is 12.5. The number of anilines is 2. The van der Waals surface area contributed by atoms with Crippen LogP contribution in [0.25, 0.3) is 11.3 Å². The molecule has 0 spiro atoms. The van der Waals surface area contributed by atoms with Gasteiger partial charge in [0.05, 0.1) is 5.69 Å². The molecule has 7 heteroatoms. The van der Waals surface area contributed by atoms with Gasteiger partial charge in [-0.15, -0.1) is 0 Å². The van der Waals surface area contributed by atoms with Crippen molar-refractivity contribution in [3.8, 4) is 11.3 Å². The lowest BCUT2D eigenvalue weighted by atomic mass is 10.0. The van der Waals surface area contributed by atoms with Gasteiger partial charge in [0.25, 0.3) is 5.56 Å². The van der Waals surface area contributed by atoms with Crippen molar-refractivity contribution in [3.05, 3.63) is 70.8 Å². The fourth-order valence-corrected chi connectivity index (χ4v) is 3.94. The van der Waals surface area contributed by atoms with E-state index in [9.17, 15) is 4.79 Å². The van der Waals surface area contributed by atoms with Crippen LogP contribution in [0.2, 0.25) is 0 Å². The molecular formula is C24H30N6O. The first-order valence-electron chi connectivity index (χ1n) is 10.7. The molecular weight excluding hydrogens is 388 g/mol. The third kappa shape index (κ3) is 4.94. The van der Waals surface area contributed by atoms with Gasteiger partial charge in [-0.1, -0.05) is 12.1 Å². The number of benzene rings is 1. The second kappa shape index (κ2) is 9.31. The predicted octanol–water partition coefficient (Wildman–Crippen LogP) is 2.67. The van der Waals surface area contributed by atoms with E-state index in [2.05, 4.69) is 58.5 Å². The molecule has 1 N–H and O–H groups in total. The minimum Gasteiger partial charge on any atom is -0.378 e. The van der Waals surface area contributed by atoms with Crippen LogP contribution in [0.15, 0.2) is 59.7 Å². The molecule has 7 nitrogen and oxygen atoms in total. The van der Waals surface area contributed by atoms with Crippen molar-refractivity contribution in [2.24, 2.45) is 7.05 Å². The zero-order valence-corrected chi connectivity index (χ0v) is 18.5. The molecule has 1 aromatic carbocycles. The summed E-state index contributed by atoms with van der Waals surface area (Å²) in [5.74, 6) is 0.733. The molecule has 31 heavy (non-hydrogen) atoms. The first-order valence-corrected chi connectivity index (χ1v) is 10.7. The average molecular weight is 419 g/mol. The topological polar surface area (TPSA) is 66.3 Å². The van der Waals surface area contributed by atoms with E-state index in [0.717, 1.165) is 44.0 Å². The highest BCUT2D eigenvalue weighted by Crippen LogP contribution is 2.21. The van der Waals surface area contributed by atoms with Gasteiger partial charge in [-0.3, -0.25) is 14.3 Å². The monoisotopic (exact) mass is 418 g/mol. The molecule has 162 valence electrons. The van der Waals surface area contributed by atoms with Crippen molar-refractivity contribution >= 4 is 11.6 Å². The predicted molar refractivity (Wildman–Crippen MR) is 126 cm³/mol. The molecule has 1 aliphatic heterocycles. The lowest BCUT2D eigenvalue weighted by Crippen LogP contribution is -2.44. The highest BCUT2D eigenvalue weighted by Gasteiger charge is 2.22. The van der Waals surface area contributed by atoms with Crippen LogP contribution < -0.4 is 20.7 Å². The zero-order valence-electron chi connectivity index (χ0n) is 18.5. The summed E-state index contributed by atoms with van der Waals surface area (Å²) in [5, 5.41) is 3.69. The van der Waals surface area contributed by atoms with Gasteiger partial charge in [0.2, 0.25) is 5.95 Å².